The van der Waals surface area contributed by atoms with Gasteiger partial charge in [-0.1, -0.05) is 48.5 Å². The predicted molar refractivity (Wildman–Crippen MR) is 128 cm³/mol. The minimum absolute atomic E-state index is 0.148. The van der Waals surface area contributed by atoms with E-state index in [2.05, 4.69) is 10.6 Å². The van der Waals surface area contributed by atoms with Crippen LogP contribution >= 0.6 is 0 Å². The van der Waals surface area contributed by atoms with E-state index in [1.165, 1.54) is 16.4 Å². The number of carbonyl (C=O) groups excluding carboxylic acids is 2. The molecular weight excluding hydrogens is 438 g/mol. The number of nitrogens with zero attached hydrogens (tertiary/aromatic N) is 1. The molecule has 3 aromatic carbocycles. The average Bonchev–Trinajstić information content (AvgIpc) is 3.35. The van der Waals surface area contributed by atoms with Crippen LogP contribution < -0.4 is 10.6 Å². The quantitative estimate of drug-likeness (QED) is 0.560. The number of benzene rings is 3. The summed E-state index contributed by atoms with van der Waals surface area (Å²) in [5.41, 5.74) is 1.26. The Morgan fingerprint density at radius 1 is 0.970 bits per heavy atom. The molecule has 0 aliphatic carbocycles. The maximum Gasteiger partial charge on any atom is 0.246 e. The number of carbonyl (C=O) groups is 2. The molecule has 1 aliphatic heterocycles. The van der Waals surface area contributed by atoms with Crippen molar-refractivity contribution < 1.29 is 18.0 Å². The Morgan fingerprint density at radius 2 is 1.67 bits per heavy atom. The number of nitrogens with one attached hydrogen (secondary N) is 2. The Labute approximate surface area is 193 Å². The van der Waals surface area contributed by atoms with Gasteiger partial charge in [0, 0.05) is 18.8 Å². The molecule has 0 spiro atoms. The van der Waals surface area contributed by atoms with Crippen molar-refractivity contribution in [3.05, 3.63) is 72.3 Å². The Kier molecular flexibility index (Phi) is 6.76. The third-order valence-corrected chi connectivity index (χ3v) is 7.70. The summed E-state index contributed by atoms with van der Waals surface area (Å²) in [6.07, 6.45) is 1.86. The normalized spacial score (nSPS) is 15.3. The minimum Gasteiger partial charge on any atom is -0.344 e. The van der Waals surface area contributed by atoms with Crippen LogP contribution in [-0.2, 0) is 26.0 Å². The summed E-state index contributed by atoms with van der Waals surface area (Å²) in [5, 5.41) is 7.49. The summed E-state index contributed by atoms with van der Waals surface area (Å²) >= 11 is 0. The summed E-state index contributed by atoms with van der Waals surface area (Å²) in [7, 11) is -3.58. The van der Waals surface area contributed by atoms with Crippen molar-refractivity contribution in [3.63, 3.8) is 0 Å². The highest BCUT2D eigenvalue weighted by Crippen LogP contribution is 2.23. The second kappa shape index (κ2) is 9.72. The van der Waals surface area contributed by atoms with E-state index in [9.17, 15) is 18.0 Å². The van der Waals surface area contributed by atoms with Crippen LogP contribution in [0, 0.1) is 0 Å². The Hall–Kier alpha value is -3.23. The third kappa shape index (κ3) is 5.23. The van der Waals surface area contributed by atoms with Crippen molar-refractivity contribution in [3.8, 4) is 0 Å². The molecule has 7 nitrogen and oxygen atoms in total. The highest BCUT2D eigenvalue weighted by atomic mass is 32.2. The van der Waals surface area contributed by atoms with Crippen LogP contribution in [0.25, 0.3) is 10.8 Å². The van der Waals surface area contributed by atoms with Gasteiger partial charge in [-0.3, -0.25) is 9.59 Å². The van der Waals surface area contributed by atoms with Gasteiger partial charge in [0.05, 0.1) is 11.3 Å². The van der Waals surface area contributed by atoms with Gasteiger partial charge in [-0.15, -0.1) is 0 Å². The molecule has 33 heavy (non-hydrogen) atoms. The van der Waals surface area contributed by atoms with Gasteiger partial charge in [0.1, 0.15) is 6.04 Å². The Morgan fingerprint density at radius 3 is 2.45 bits per heavy atom. The second-order valence-electron chi connectivity index (χ2n) is 8.23. The van der Waals surface area contributed by atoms with Crippen molar-refractivity contribution in [2.24, 2.45) is 0 Å². The summed E-state index contributed by atoms with van der Waals surface area (Å²) in [5.74, 6) is -0.684. The van der Waals surface area contributed by atoms with E-state index in [-0.39, 0.29) is 17.2 Å². The molecule has 1 fully saturated rings. The van der Waals surface area contributed by atoms with Crippen molar-refractivity contribution in [2.45, 2.75) is 37.1 Å². The molecule has 2 amide bonds. The number of fused-ring (bicyclic) bond motifs is 1. The first-order valence-electron chi connectivity index (χ1n) is 11.0. The summed E-state index contributed by atoms with van der Waals surface area (Å²) in [4.78, 5) is 25.4. The molecule has 1 atom stereocenters. The molecule has 8 heteroatoms. The van der Waals surface area contributed by atoms with Crippen LogP contribution in [0.3, 0.4) is 0 Å². The van der Waals surface area contributed by atoms with Crippen LogP contribution in [0.1, 0.15) is 25.3 Å². The van der Waals surface area contributed by atoms with Crippen LogP contribution in [0.4, 0.5) is 5.69 Å². The summed E-state index contributed by atoms with van der Waals surface area (Å²) in [6, 6.07) is 19.1. The van der Waals surface area contributed by atoms with Gasteiger partial charge in [0.25, 0.3) is 0 Å². The van der Waals surface area contributed by atoms with E-state index in [0.29, 0.717) is 18.8 Å². The fraction of sp³-hybridized carbons (Fsp3) is 0.280. The van der Waals surface area contributed by atoms with E-state index in [0.717, 1.165) is 29.2 Å². The van der Waals surface area contributed by atoms with E-state index >= 15 is 0 Å². The van der Waals surface area contributed by atoms with Crippen molar-refractivity contribution in [2.75, 3.05) is 18.4 Å². The van der Waals surface area contributed by atoms with E-state index in [4.69, 9.17) is 0 Å². The van der Waals surface area contributed by atoms with Gasteiger partial charge in [0.2, 0.25) is 21.8 Å². The van der Waals surface area contributed by atoms with Crippen LogP contribution in [-0.4, -0.2) is 43.7 Å². The van der Waals surface area contributed by atoms with Gasteiger partial charge in [-0.05, 0) is 54.3 Å². The van der Waals surface area contributed by atoms with Crippen molar-refractivity contribution in [1.82, 2.24) is 9.62 Å². The molecule has 1 aliphatic rings. The minimum atomic E-state index is -3.58. The average molecular weight is 466 g/mol. The summed E-state index contributed by atoms with van der Waals surface area (Å²) < 4.78 is 27.0. The fourth-order valence-corrected chi connectivity index (χ4v) is 5.60. The highest BCUT2D eigenvalue weighted by molar-refractivity contribution is 7.89. The number of amides is 2. The van der Waals surface area contributed by atoms with E-state index in [1.54, 1.807) is 19.1 Å². The SMILES string of the molecule is CC(NC(=O)Cc1cccc2ccccc12)C(=O)Nc1cccc(S(=O)(=O)N2CCCC2)c1. The molecule has 0 saturated carbocycles. The Balaban J connectivity index is 1.39. The highest BCUT2D eigenvalue weighted by Gasteiger charge is 2.27. The first-order valence-corrected chi connectivity index (χ1v) is 12.5. The largest absolute Gasteiger partial charge is 0.344 e. The first-order chi connectivity index (χ1) is 15.8. The second-order valence-corrected chi connectivity index (χ2v) is 10.2. The number of sulfonamides is 1. The summed E-state index contributed by atoms with van der Waals surface area (Å²) in [6.45, 7) is 2.62. The Bertz CT molecular complexity index is 1280. The number of hydrogen-bond acceptors (Lipinski definition) is 4. The van der Waals surface area contributed by atoms with Gasteiger partial charge < -0.3 is 10.6 Å². The zero-order valence-electron chi connectivity index (χ0n) is 18.5. The molecule has 2 N–H and O–H groups in total. The lowest BCUT2D eigenvalue weighted by Crippen LogP contribution is -2.42. The fourth-order valence-electron chi connectivity index (χ4n) is 4.04. The maximum absolute atomic E-state index is 12.8. The van der Waals surface area contributed by atoms with Crippen LogP contribution in [0.5, 0.6) is 0 Å². The molecule has 1 heterocycles. The molecular formula is C25H27N3O4S. The molecule has 1 unspecified atom stereocenters. The molecule has 0 bridgehead atoms. The van der Waals surface area contributed by atoms with Gasteiger partial charge >= 0.3 is 0 Å². The number of rotatable bonds is 7. The zero-order valence-corrected chi connectivity index (χ0v) is 19.3. The lowest BCUT2D eigenvalue weighted by Gasteiger charge is -2.17. The molecule has 172 valence electrons. The zero-order chi connectivity index (χ0) is 23.4. The smallest absolute Gasteiger partial charge is 0.246 e. The molecule has 0 aromatic heterocycles. The lowest BCUT2D eigenvalue weighted by atomic mass is 10.0. The van der Waals surface area contributed by atoms with E-state index in [1.807, 2.05) is 42.5 Å². The predicted octanol–water partition coefficient (Wildman–Crippen LogP) is 3.31. The lowest BCUT2D eigenvalue weighted by molar-refractivity contribution is -0.125. The van der Waals surface area contributed by atoms with E-state index < -0.39 is 22.0 Å². The van der Waals surface area contributed by atoms with Gasteiger partial charge in [-0.2, -0.15) is 4.31 Å². The molecule has 4 rings (SSSR count). The first kappa shape index (κ1) is 22.9. The van der Waals surface area contributed by atoms with Crippen molar-refractivity contribution in [1.29, 1.82) is 0 Å². The topological polar surface area (TPSA) is 95.6 Å². The molecule has 1 saturated heterocycles. The standard InChI is InChI=1S/C25H27N3O4S/c1-18(26-24(29)16-20-10-6-9-19-8-2-3-13-23(19)20)25(30)27-21-11-7-12-22(17-21)33(31,32)28-14-4-5-15-28/h2-3,6-13,17-18H,4-5,14-16H2,1H3,(H,26,29)(H,27,30). The van der Waals surface area contributed by atoms with Crippen molar-refractivity contribution >= 4 is 38.3 Å². The van der Waals surface area contributed by atoms with Gasteiger partial charge in [-0.25, -0.2) is 8.42 Å². The third-order valence-electron chi connectivity index (χ3n) is 5.81. The monoisotopic (exact) mass is 465 g/mol. The van der Waals surface area contributed by atoms with Gasteiger partial charge in [0.15, 0.2) is 0 Å². The van der Waals surface area contributed by atoms with Crippen LogP contribution in [0.2, 0.25) is 0 Å². The molecule has 0 radical (unpaired) electrons. The maximum atomic E-state index is 12.8. The van der Waals surface area contributed by atoms with Crippen LogP contribution in [0.15, 0.2) is 71.6 Å². The number of anilines is 1. The number of hydrogen-bond donors (Lipinski definition) is 2. The molecule has 3 aromatic rings.